The zero-order chi connectivity index (χ0) is 14.3. The van der Waals surface area contributed by atoms with Crippen molar-refractivity contribution in [3.63, 3.8) is 0 Å². The third kappa shape index (κ3) is 1.85. The Morgan fingerprint density at radius 3 is 2.95 bits per heavy atom. The minimum absolute atomic E-state index is 0.127. The maximum absolute atomic E-state index is 11.7. The molecule has 102 valence electrons. The molecule has 0 spiro atoms. The van der Waals surface area contributed by atoms with Crippen molar-refractivity contribution in [1.82, 2.24) is 9.55 Å². The van der Waals surface area contributed by atoms with E-state index >= 15 is 0 Å². The van der Waals surface area contributed by atoms with Crippen molar-refractivity contribution >= 4 is 23.7 Å². The molecule has 0 fully saturated rings. The number of oxazole rings is 1. The van der Waals surface area contributed by atoms with Crippen LogP contribution in [-0.2, 0) is 0 Å². The lowest BCUT2D eigenvalue weighted by atomic mass is 10.1. The third-order valence-corrected chi connectivity index (χ3v) is 3.07. The average molecular weight is 271 g/mol. The SMILES string of the molecule is CC(C)n1c(O)c(C=C2C=Nc3ncccc32)oc1=O. The number of aromatic hydroxyl groups is 1. The largest absolute Gasteiger partial charge is 0.492 e. The molecule has 20 heavy (non-hydrogen) atoms. The van der Waals surface area contributed by atoms with Gasteiger partial charge in [-0.25, -0.2) is 19.3 Å². The summed E-state index contributed by atoms with van der Waals surface area (Å²) in [5, 5.41) is 10.1. The van der Waals surface area contributed by atoms with Gasteiger partial charge >= 0.3 is 5.76 Å². The fourth-order valence-electron chi connectivity index (χ4n) is 2.13. The molecular weight excluding hydrogens is 258 g/mol. The van der Waals surface area contributed by atoms with Crippen LogP contribution in [0.15, 0.2) is 32.5 Å². The number of aliphatic imine (C=N–C) groups is 1. The summed E-state index contributed by atoms with van der Waals surface area (Å²) in [6.45, 7) is 3.59. The monoisotopic (exact) mass is 271 g/mol. The van der Waals surface area contributed by atoms with E-state index in [-0.39, 0.29) is 17.7 Å². The van der Waals surface area contributed by atoms with Crippen LogP contribution in [0.1, 0.15) is 31.2 Å². The van der Waals surface area contributed by atoms with Crippen molar-refractivity contribution in [3.05, 3.63) is 40.2 Å². The average Bonchev–Trinajstić information content (AvgIpc) is 2.93. The Kier molecular flexibility index (Phi) is 2.78. The fourth-order valence-corrected chi connectivity index (χ4v) is 2.13. The molecule has 0 radical (unpaired) electrons. The van der Waals surface area contributed by atoms with Crippen molar-refractivity contribution in [3.8, 4) is 5.88 Å². The van der Waals surface area contributed by atoms with Crippen LogP contribution in [0.2, 0.25) is 0 Å². The molecule has 0 aromatic carbocycles. The number of fused-ring (bicyclic) bond motifs is 1. The Labute approximate surface area is 114 Å². The van der Waals surface area contributed by atoms with Crippen LogP contribution in [0.3, 0.4) is 0 Å². The molecule has 1 N–H and O–H groups in total. The van der Waals surface area contributed by atoms with Crippen molar-refractivity contribution in [2.24, 2.45) is 4.99 Å². The third-order valence-electron chi connectivity index (χ3n) is 3.07. The molecule has 1 aliphatic heterocycles. The van der Waals surface area contributed by atoms with E-state index in [4.69, 9.17) is 4.42 Å². The summed E-state index contributed by atoms with van der Waals surface area (Å²) >= 11 is 0. The Bertz CT molecular complexity index is 781. The lowest BCUT2D eigenvalue weighted by Crippen LogP contribution is -2.15. The molecular formula is C14H13N3O3. The molecule has 1 aliphatic rings. The predicted octanol–water partition coefficient (Wildman–Crippen LogP) is 2.38. The van der Waals surface area contributed by atoms with Crippen molar-refractivity contribution in [2.45, 2.75) is 19.9 Å². The van der Waals surface area contributed by atoms with Gasteiger partial charge in [-0.1, -0.05) is 0 Å². The minimum Gasteiger partial charge on any atom is -0.492 e. The van der Waals surface area contributed by atoms with E-state index in [1.807, 2.05) is 6.07 Å². The number of pyridine rings is 1. The molecule has 0 aliphatic carbocycles. The van der Waals surface area contributed by atoms with Gasteiger partial charge in [0.15, 0.2) is 11.6 Å². The number of aromatic nitrogens is 2. The van der Waals surface area contributed by atoms with Crippen LogP contribution < -0.4 is 5.76 Å². The summed E-state index contributed by atoms with van der Waals surface area (Å²) in [6.07, 6.45) is 4.88. The van der Waals surface area contributed by atoms with E-state index in [9.17, 15) is 9.90 Å². The second-order valence-corrected chi connectivity index (χ2v) is 4.75. The van der Waals surface area contributed by atoms with Crippen LogP contribution >= 0.6 is 0 Å². The first kappa shape index (κ1) is 12.4. The van der Waals surface area contributed by atoms with Crippen LogP contribution in [-0.4, -0.2) is 20.9 Å². The van der Waals surface area contributed by atoms with Gasteiger partial charge in [-0.2, -0.15) is 0 Å². The number of allylic oxidation sites excluding steroid dienone is 1. The fraction of sp³-hybridized carbons (Fsp3) is 0.214. The molecule has 6 heteroatoms. The second kappa shape index (κ2) is 4.48. The molecule has 6 nitrogen and oxygen atoms in total. The molecule has 0 amide bonds. The summed E-state index contributed by atoms with van der Waals surface area (Å²) < 4.78 is 6.28. The molecule has 0 saturated heterocycles. The number of hydrogen-bond donors (Lipinski definition) is 1. The summed E-state index contributed by atoms with van der Waals surface area (Å²) in [7, 11) is 0. The number of hydrogen-bond acceptors (Lipinski definition) is 5. The quantitative estimate of drug-likeness (QED) is 0.909. The molecule has 0 unspecified atom stereocenters. The summed E-state index contributed by atoms with van der Waals surface area (Å²) in [4.78, 5) is 20.0. The first-order valence-corrected chi connectivity index (χ1v) is 6.23. The molecule has 3 heterocycles. The van der Waals surface area contributed by atoms with Gasteiger partial charge in [0.1, 0.15) is 0 Å². The molecule has 2 aromatic heterocycles. The smallest absolute Gasteiger partial charge is 0.422 e. The highest BCUT2D eigenvalue weighted by Gasteiger charge is 2.19. The normalized spacial score (nSPS) is 15.2. The predicted molar refractivity (Wildman–Crippen MR) is 75.3 cm³/mol. The Morgan fingerprint density at radius 1 is 1.45 bits per heavy atom. The second-order valence-electron chi connectivity index (χ2n) is 4.75. The van der Waals surface area contributed by atoms with E-state index in [0.717, 1.165) is 11.1 Å². The van der Waals surface area contributed by atoms with E-state index < -0.39 is 5.76 Å². The van der Waals surface area contributed by atoms with Crippen LogP contribution in [0, 0.1) is 0 Å². The molecule has 0 saturated carbocycles. The highest BCUT2D eigenvalue weighted by Crippen LogP contribution is 2.32. The van der Waals surface area contributed by atoms with E-state index in [0.29, 0.717) is 5.82 Å². The topological polar surface area (TPSA) is 80.6 Å². The van der Waals surface area contributed by atoms with Crippen LogP contribution in [0.4, 0.5) is 5.82 Å². The van der Waals surface area contributed by atoms with Gasteiger partial charge < -0.3 is 9.52 Å². The first-order valence-electron chi connectivity index (χ1n) is 6.23. The standard InChI is InChI=1S/C14H13N3O3/c1-8(2)17-13(18)11(20-14(17)19)6-9-7-16-12-10(9)4-3-5-15-12/h3-8,18H,1-2H3. The summed E-state index contributed by atoms with van der Waals surface area (Å²) in [5.74, 6) is -0.0142. The summed E-state index contributed by atoms with van der Waals surface area (Å²) in [6, 6.07) is 3.50. The zero-order valence-electron chi connectivity index (χ0n) is 11.1. The molecule has 0 bridgehead atoms. The maximum atomic E-state index is 11.7. The first-order chi connectivity index (χ1) is 9.58. The molecule has 2 aromatic rings. The highest BCUT2D eigenvalue weighted by molar-refractivity contribution is 6.20. The molecule has 3 rings (SSSR count). The van der Waals surface area contributed by atoms with Gasteiger partial charge in [-0.3, -0.25) is 0 Å². The number of nitrogens with zero attached hydrogens (tertiary/aromatic N) is 3. The zero-order valence-corrected chi connectivity index (χ0v) is 11.1. The van der Waals surface area contributed by atoms with Gasteiger partial charge in [-0.05, 0) is 32.1 Å². The summed E-state index contributed by atoms with van der Waals surface area (Å²) in [5.41, 5.74) is 1.58. The molecule has 0 atom stereocenters. The van der Waals surface area contributed by atoms with Gasteiger partial charge in [0.25, 0.3) is 0 Å². The van der Waals surface area contributed by atoms with Gasteiger partial charge in [0.2, 0.25) is 5.88 Å². The lowest BCUT2D eigenvalue weighted by Gasteiger charge is -2.04. The van der Waals surface area contributed by atoms with Crippen molar-refractivity contribution in [2.75, 3.05) is 0 Å². The Balaban J connectivity index is 2.10. The number of rotatable bonds is 2. The van der Waals surface area contributed by atoms with Crippen LogP contribution in [0.5, 0.6) is 5.88 Å². The van der Waals surface area contributed by atoms with E-state index in [2.05, 4.69) is 9.98 Å². The van der Waals surface area contributed by atoms with Gasteiger partial charge in [0.05, 0.1) is 0 Å². The van der Waals surface area contributed by atoms with Gasteiger partial charge in [-0.15, -0.1) is 0 Å². The highest BCUT2D eigenvalue weighted by atomic mass is 16.4. The maximum Gasteiger partial charge on any atom is 0.422 e. The minimum atomic E-state index is -0.578. The van der Waals surface area contributed by atoms with E-state index in [1.165, 1.54) is 4.57 Å². The van der Waals surface area contributed by atoms with Gasteiger partial charge in [0, 0.05) is 29.6 Å². The Hall–Kier alpha value is -2.63. The Morgan fingerprint density at radius 2 is 2.25 bits per heavy atom. The van der Waals surface area contributed by atoms with Crippen LogP contribution in [0.25, 0.3) is 11.6 Å². The van der Waals surface area contributed by atoms with E-state index in [1.54, 1.807) is 38.4 Å². The lowest BCUT2D eigenvalue weighted by molar-refractivity contribution is 0.392. The van der Waals surface area contributed by atoms with Crippen molar-refractivity contribution < 1.29 is 9.52 Å². The van der Waals surface area contributed by atoms with Crippen molar-refractivity contribution in [1.29, 1.82) is 0 Å².